The molecule has 0 radical (unpaired) electrons. The van der Waals surface area contributed by atoms with Crippen molar-refractivity contribution in [2.45, 2.75) is 11.2 Å². The summed E-state index contributed by atoms with van der Waals surface area (Å²) in [5, 5.41) is 0. The van der Waals surface area contributed by atoms with Gasteiger partial charge in [0.05, 0.1) is 7.11 Å². The van der Waals surface area contributed by atoms with Gasteiger partial charge in [-0.05, 0) is 47.9 Å². The molecule has 1 atom stereocenters. The van der Waals surface area contributed by atoms with Crippen LogP contribution in [-0.4, -0.2) is 7.11 Å². The molecule has 2 aromatic rings. The lowest BCUT2D eigenvalue weighted by Gasteiger charge is -2.12. The molecule has 0 bridgehead atoms. The van der Waals surface area contributed by atoms with Crippen molar-refractivity contribution in [3.05, 3.63) is 62.5 Å². The molecule has 0 amide bonds. The van der Waals surface area contributed by atoms with Gasteiger partial charge in [0.2, 0.25) is 0 Å². The summed E-state index contributed by atoms with van der Waals surface area (Å²) in [6.45, 7) is 0. The molecule has 0 saturated carbocycles. The molecule has 0 aliphatic heterocycles. The normalized spacial score (nSPS) is 12.2. The number of rotatable bonds is 4. The summed E-state index contributed by atoms with van der Waals surface area (Å²) in [6, 6.07) is 14.5. The Labute approximate surface area is 138 Å². The van der Waals surface area contributed by atoms with Crippen LogP contribution in [0.3, 0.4) is 0 Å². The van der Waals surface area contributed by atoms with E-state index in [4.69, 9.17) is 4.74 Å². The van der Waals surface area contributed by atoms with Crippen molar-refractivity contribution < 1.29 is 4.74 Å². The molecule has 1 nitrogen and oxygen atoms in total. The van der Waals surface area contributed by atoms with Crippen molar-refractivity contribution in [3.63, 3.8) is 0 Å². The summed E-state index contributed by atoms with van der Waals surface area (Å²) in [7, 11) is 1.69. The average molecular weight is 449 g/mol. The van der Waals surface area contributed by atoms with Crippen molar-refractivity contribution in [1.29, 1.82) is 0 Å². The zero-order valence-electron chi connectivity index (χ0n) is 10.4. The first-order valence-electron chi connectivity index (χ1n) is 5.81. The topological polar surface area (TPSA) is 9.23 Å². The van der Waals surface area contributed by atoms with Gasteiger partial charge in [0.15, 0.2) is 0 Å². The van der Waals surface area contributed by atoms with Crippen LogP contribution in [0.4, 0.5) is 0 Å². The number of ether oxygens (including phenoxy) is 1. The lowest BCUT2D eigenvalue weighted by Crippen LogP contribution is -1.96. The van der Waals surface area contributed by atoms with E-state index in [1.165, 1.54) is 11.1 Å². The summed E-state index contributed by atoms with van der Waals surface area (Å²) in [4.78, 5) is 0.272. The fraction of sp³-hybridized carbons (Fsp3) is 0.200. The number of methoxy groups -OCH3 is 1. The third-order valence-corrected chi connectivity index (χ3v) is 4.56. The highest BCUT2D eigenvalue weighted by molar-refractivity contribution is 9.11. The Bertz CT molecular complexity index is 549. The fourth-order valence-electron chi connectivity index (χ4n) is 1.88. The summed E-state index contributed by atoms with van der Waals surface area (Å²) in [6.07, 6.45) is 0.917. The van der Waals surface area contributed by atoms with E-state index in [1.807, 2.05) is 18.2 Å². The van der Waals surface area contributed by atoms with Crippen LogP contribution in [-0.2, 0) is 6.42 Å². The van der Waals surface area contributed by atoms with Crippen LogP contribution in [0.15, 0.2) is 51.4 Å². The SMILES string of the molecule is COc1cccc(CC(Br)c2cc(Br)cc(Br)c2)c1. The van der Waals surface area contributed by atoms with E-state index >= 15 is 0 Å². The molecule has 0 spiro atoms. The molecule has 0 heterocycles. The van der Waals surface area contributed by atoms with E-state index in [1.54, 1.807) is 7.11 Å². The molecule has 100 valence electrons. The monoisotopic (exact) mass is 446 g/mol. The highest BCUT2D eigenvalue weighted by Crippen LogP contribution is 2.32. The van der Waals surface area contributed by atoms with Crippen LogP contribution >= 0.6 is 47.8 Å². The molecule has 0 fully saturated rings. The summed E-state index contributed by atoms with van der Waals surface area (Å²) in [5.41, 5.74) is 2.49. The molecule has 0 aromatic heterocycles. The first-order chi connectivity index (χ1) is 9.08. The van der Waals surface area contributed by atoms with E-state index < -0.39 is 0 Å². The highest BCUT2D eigenvalue weighted by atomic mass is 79.9. The maximum Gasteiger partial charge on any atom is 0.119 e. The fourth-order valence-corrected chi connectivity index (χ4v) is 3.85. The van der Waals surface area contributed by atoms with Crippen LogP contribution < -0.4 is 4.74 Å². The minimum atomic E-state index is 0.272. The number of halogens is 3. The number of hydrogen-bond donors (Lipinski definition) is 0. The standard InChI is InChI=1S/C15H13Br3O/c1-19-14-4-2-3-10(5-14)6-15(18)11-7-12(16)9-13(17)8-11/h2-5,7-9,15H,6H2,1H3. The zero-order valence-corrected chi connectivity index (χ0v) is 15.1. The van der Waals surface area contributed by atoms with Crippen molar-refractivity contribution in [2.24, 2.45) is 0 Å². The lowest BCUT2D eigenvalue weighted by molar-refractivity contribution is 0.414. The Morgan fingerprint density at radius 2 is 1.74 bits per heavy atom. The van der Waals surface area contributed by atoms with Gasteiger partial charge in [-0.15, -0.1) is 0 Å². The number of alkyl halides is 1. The van der Waals surface area contributed by atoms with Gasteiger partial charge in [-0.25, -0.2) is 0 Å². The first-order valence-corrected chi connectivity index (χ1v) is 8.31. The van der Waals surface area contributed by atoms with Gasteiger partial charge in [0, 0.05) is 13.8 Å². The second kappa shape index (κ2) is 6.91. The van der Waals surface area contributed by atoms with Gasteiger partial charge >= 0.3 is 0 Å². The Morgan fingerprint density at radius 3 is 2.37 bits per heavy atom. The van der Waals surface area contributed by atoms with Gasteiger partial charge in [-0.3, -0.25) is 0 Å². The van der Waals surface area contributed by atoms with Crippen molar-refractivity contribution in [3.8, 4) is 5.75 Å². The molecule has 0 aliphatic carbocycles. The van der Waals surface area contributed by atoms with E-state index in [0.717, 1.165) is 21.1 Å². The van der Waals surface area contributed by atoms with Crippen molar-refractivity contribution >= 4 is 47.8 Å². The van der Waals surface area contributed by atoms with Gasteiger partial charge in [-0.2, -0.15) is 0 Å². The van der Waals surface area contributed by atoms with Crippen LogP contribution in [0.25, 0.3) is 0 Å². The molecular weight excluding hydrogens is 436 g/mol. The van der Waals surface area contributed by atoms with E-state index in [0.29, 0.717) is 0 Å². The van der Waals surface area contributed by atoms with Gasteiger partial charge in [-0.1, -0.05) is 59.9 Å². The summed E-state index contributed by atoms with van der Waals surface area (Å²) in [5.74, 6) is 0.896. The Hall–Kier alpha value is -0.320. The number of hydrogen-bond acceptors (Lipinski definition) is 1. The second-order valence-corrected chi connectivity index (χ2v) is 7.16. The smallest absolute Gasteiger partial charge is 0.119 e. The molecule has 2 aromatic carbocycles. The van der Waals surface area contributed by atoms with Crippen molar-refractivity contribution in [2.75, 3.05) is 7.11 Å². The lowest BCUT2D eigenvalue weighted by atomic mass is 10.0. The molecule has 1 unspecified atom stereocenters. The van der Waals surface area contributed by atoms with Crippen molar-refractivity contribution in [1.82, 2.24) is 0 Å². The second-order valence-electron chi connectivity index (χ2n) is 4.23. The predicted octanol–water partition coefficient (Wildman–Crippen LogP) is 5.90. The quantitative estimate of drug-likeness (QED) is 0.529. The summed E-state index contributed by atoms with van der Waals surface area (Å²) < 4.78 is 7.40. The van der Waals surface area contributed by atoms with E-state index in [2.05, 4.69) is 72.1 Å². The van der Waals surface area contributed by atoms with Gasteiger partial charge in [0.25, 0.3) is 0 Å². The zero-order chi connectivity index (χ0) is 13.8. The third kappa shape index (κ3) is 4.33. The minimum absolute atomic E-state index is 0.272. The van der Waals surface area contributed by atoms with Gasteiger partial charge < -0.3 is 4.74 Å². The molecule has 4 heteroatoms. The summed E-state index contributed by atoms with van der Waals surface area (Å²) >= 11 is 10.8. The Balaban J connectivity index is 2.17. The maximum absolute atomic E-state index is 5.25. The van der Waals surface area contributed by atoms with Gasteiger partial charge in [0.1, 0.15) is 5.75 Å². The van der Waals surface area contributed by atoms with Crippen LogP contribution in [0.1, 0.15) is 16.0 Å². The molecule has 2 rings (SSSR count). The predicted molar refractivity (Wildman–Crippen MR) is 90.2 cm³/mol. The molecule has 19 heavy (non-hydrogen) atoms. The minimum Gasteiger partial charge on any atom is -0.497 e. The molecule has 0 aliphatic rings. The van der Waals surface area contributed by atoms with Crippen LogP contribution in [0, 0.1) is 0 Å². The van der Waals surface area contributed by atoms with E-state index in [9.17, 15) is 0 Å². The average Bonchev–Trinajstić information content (AvgIpc) is 2.37. The molecule has 0 saturated heterocycles. The largest absolute Gasteiger partial charge is 0.497 e. The molecular formula is C15H13Br3O. The van der Waals surface area contributed by atoms with Crippen LogP contribution in [0.2, 0.25) is 0 Å². The maximum atomic E-state index is 5.25. The third-order valence-electron chi connectivity index (χ3n) is 2.80. The Morgan fingerprint density at radius 1 is 1.05 bits per heavy atom. The molecule has 0 N–H and O–H groups in total. The van der Waals surface area contributed by atoms with E-state index in [-0.39, 0.29) is 4.83 Å². The van der Waals surface area contributed by atoms with Crippen LogP contribution in [0.5, 0.6) is 5.75 Å². The first kappa shape index (κ1) is 15.1. The Kier molecular flexibility index (Phi) is 5.48. The highest BCUT2D eigenvalue weighted by Gasteiger charge is 2.10. The number of benzene rings is 2.